The van der Waals surface area contributed by atoms with Gasteiger partial charge in [-0.3, -0.25) is 10.1 Å². The summed E-state index contributed by atoms with van der Waals surface area (Å²) in [7, 11) is 0. The Hall–Kier alpha value is -0.680. The van der Waals surface area contributed by atoms with Gasteiger partial charge in [-0.1, -0.05) is 11.6 Å². The molecule has 0 saturated heterocycles. The molecule has 0 spiro atoms. The van der Waals surface area contributed by atoms with Gasteiger partial charge in [-0.2, -0.15) is 0 Å². The Morgan fingerprint density at radius 2 is 2.38 bits per heavy atom. The summed E-state index contributed by atoms with van der Waals surface area (Å²) < 4.78 is 0.773. The summed E-state index contributed by atoms with van der Waals surface area (Å²) in [5.74, 6) is 0. The van der Waals surface area contributed by atoms with Crippen LogP contribution >= 0.6 is 27.5 Å². The van der Waals surface area contributed by atoms with E-state index in [1.165, 1.54) is 0 Å². The first-order valence-corrected chi connectivity index (χ1v) is 4.68. The molecule has 0 saturated carbocycles. The van der Waals surface area contributed by atoms with Crippen molar-refractivity contribution in [3.05, 3.63) is 37.6 Å². The molecule has 0 aliphatic heterocycles. The van der Waals surface area contributed by atoms with E-state index in [2.05, 4.69) is 20.9 Å². The van der Waals surface area contributed by atoms with E-state index < -0.39 is 0 Å². The quantitative estimate of drug-likeness (QED) is 0.479. The van der Waals surface area contributed by atoms with Crippen molar-refractivity contribution in [3.63, 3.8) is 0 Å². The van der Waals surface area contributed by atoms with Crippen molar-refractivity contribution in [3.8, 4) is 0 Å². The SMILES string of the molecule is O=[N+]([O-])CCc1cc(Br)cnc1Cl. The summed E-state index contributed by atoms with van der Waals surface area (Å²) in [5, 5.41) is 10.4. The lowest BCUT2D eigenvalue weighted by Crippen LogP contribution is -2.04. The molecule has 1 heterocycles. The molecule has 13 heavy (non-hydrogen) atoms. The van der Waals surface area contributed by atoms with Gasteiger partial charge in [0.15, 0.2) is 0 Å². The maximum Gasteiger partial charge on any atom is 0.208 e. The lowest BCUT2D eigenvalue weighted by molar-refractivity contribution is -0.479. The van der Waals surface area contributed by atoms with E-state index in [0.717, 1.165) is 4.47 Å². The largest absolute Gasteiger partial charge is 0.265 e. The second-order valence-electron chi connectivity index (χ2n) is 2.41. The highest BCUT2D eigenvalue weighted by Gasteiger charge is 2.05. The average molecular weight is 265 g/mol. The molecule has 1 rings (SSSR count). The van der Waals surface area contributed by atoms with Crippen LogP contribution in [-0.2, 0) is 6.42 Å². The molecule has 0 N–H and O–H groups in total. The average Bonchev–Trinajstić information content (AvgIpc) is 2.06. The van der Waals surface area contributed by atoms with Gasteiger partial charge >= 0.3 is 0 Å². The van der Waals surface area contributed by atoms with E-state index in [4.69, 9.17) is 11.6 Å². The molecule has 0 bridgehead atoms. The van der Waals surface area contributed by atoms with Crippen LogP contribution in [0.2, 0.25) is 5.15 Å². The molecular formula is C7H6BrClN2O2. The number of nitro groups is 1. The van der Waals surface area contributed by atoms with Gasteiger partial charge in [0.2, 0.25) is 6.54 Å². The van der Waals surface area contributed by atoms with Gasteiger partial charge in [-0.15, -0.1) is 0 Å². The zero-order valence-corrected chi connectivity index (χ0v) is 8.88. The van der Waals surface area contributed by atoms with Crippen molar-refractivity contribution in [2.24, 2.45) is 0 Å². The zero-order chi connectivity index (χ0) is 9.84. The Kier molecular flexibility index (Phi) is 3.62. The summed E-state index contributed by atoms with van der Waals surface area (Å²) in [6, 6.07) is 1.73. The molecule has 0 fully saturated rings. The van der Waals surface area contributed by atoms with Gasteiger partial charge in [0.05, 0.1) is 0 Å². The third kappa shape index (κ3) is 3.28. The topological polar surface area (TPSA) is 56.0 Å². The van der Waals surface area contributed by atoms with Crippen LogP contribution in [0.1, 0.15) is 5.56 Å². The van der Waals surface area contributed by atoms with E-state index in [1.54, 1.807) is 12.3 Å². The van der Waals surface area contributed by atoms with Crippen molar-refractivity contribution >= 4 is 27.5 Å². The van der Waals surface area contributed by atoms with Crippen molar-refractivity contribution in [1.82, 2.24) is 4.98 Å². The zero-order valence-electron chi connectivity index (χ0n) is 6.54. The molecule has 1 aromatic heterocycles. The third-order valence-electron chi connectivity index (χ3n) is 1.44. The molecule has 4 nitrogen and oxygen atoms in total. The number of halogens is 2. The Labute approximate surface area is 88.2 Å². The minimum Gasteiger partial charge on any atom is -0.265 e. The van der Waals surface area contributed by atoms with Gasteiger partial charge in [-0.25, -0.2) is 4.98 Å². The fraction of sp³-hybridized carbons (Fsp3) is 0.286. The molecule has 6 heteroatoms. The van der Waals surface area contributed by atoms with Crippen LogP contribution < -0.4 is 0 Å². The second-order valence-corrected chi connectivity index (χ2v) is 3.68. The van der Waals surface area contributed by atoms with Crippen molar-refractivity contribution in [2.75, 3.05) is 6.54 Å². The van der Waals surface area contributed by atoms with Crippen LogP contribution in [0.15, 0.2) is 16.7 Å². The van der Waals surface area contributed by atoms with Gasteiger partial charge in [0.25, 0.3) is 0 Å². The highest BCUT2D eigenvalue weighted by atomic mass is 79.9. The Bertz CT molecular complexity index is 332. The molecule has 70 valence electrons. The van der Waals surface area contributed by atoms with Crippen molar-refractivity contribution in [2.45, 2.75) is 6.42 Å². The summed E-state index contributed by atoms with van der Waals surface area (Å²) in [4.78, 5) is 13.6. The lowest BCUT2D eigenvalue weighted by Gasteiger charge is -2.00. The van der Waals surface area contributed by atoms with E-state index in [9.17, 15) is 10.1 Å². The fourth-order valence-electron chi connectivity index (χ4n) is 0.852. The maximum absolute atomic E-state index is 10.1. The molecule has 0 unspecified atom stereocenters. The van der Waals surface area contributed by atoms with Crippen molar-refractivity contribution in [1.29, 1.82) is 0 Å². The van der Waals surface area contributed by atoms with E-state index in [1.807, 2.05) is 0 Å². The van der Waals surface area contributed by atoms with Crippen LogP contribution in [0.3, 0.4) is 0 Å². The number of hydrogen-bond donors (Lipinski definition) is 0. The van der Waals surface area contributed by atoms with E-state index >= 15 is 0 Å². The van der Waals surface area contributed by atoms with E-state index in [0.29, 0.717) is 17.1 Å². The second kappa shape index (κ2) is 4.53. The molecule has 0 amide bonds. The maximum atomic E-state index is 10.1. The summed E-state index contributed by atoms with van der Waals surface area (Å²) >= 11 is 8.94. The summed E-state index contributed by atoms with van der Waals surface area (Å²) in [6.07, 6.45) is 1.86. The van der Waals surface area contributed by atoms with Crippen LogP contribution in [-0.4, -0.2) is 16.5 Å². The molecule has 1 aromatic rings. The predicted molar refractivity (Wildman–Crippen MR) is 52.5 cm³/mol. The number of hydrogen-bond acceptors (Lipinski definition) is 3. The third-order valence-corrected chi connectivity index (χ3v) is 2.22. The minimum absolute atomic E-state index is 0.127. The molecule has 0 radical (unpaired) electrons. The standard InChI is InChI=1S/C7H6BrClN2O2/c8-6-3-5(1-2-11(12)13)7(9)10-4-6/h3-4H,1-2H2. The summed E-state index contributed by atoms with van der Waals surface area (Å²) in [5.41, 5.74) is 0.688. The van der Waals surface area contributed by atoms with Crippen molar-refractivity contribution < 1.29 is 4.92 Å². The highest BCUT2D eigenvalue weighted by Crippen LogP contribution is 2.18. The first kappa shape index (κ1) is 10.4. The van der Waals surface area contributed by atoms with Crippen LogP contribution in [0, 0.1) is 10.1 Å². The predicted octanol–water partition coefficient (Wildman–Crippen LogP) is 2.32. The Balaban J connectivity index is 2.75. The van der Waals surface area contributed by atoms with Gasteiger partial charge in [0.1, 0.15) is 5.15 Å². The number of nitrogens with zero attached hydrogens (tertiary/aromatic N) is 2. The van der Waals surface area contributed by atoms with Crippen LogP contribution in [0.5, 0.6) is 0 Å². The molecular weight excluding hydrogens is 259 g/mol. The highest BCUT2D eigenvalue weighted by molar-refractivity contribution is 9.10. The van der Waals surface area contributed by atoms with Gasteiger partial charge < -0.3 is 0 Å². The first-order valence-electron chi connectivity index (χ1n) is 3.51. The van der Waals surface area contributed by atoms with Crippen LogP contribution in [0.4, 0.5) is 0 Å². The molecule has 0 aliphatic rings. The number of rotatable bonds is 3. The van der Waals surface area contributed by atoms with Gasteiger partial charge in [0, 0.05) is 22.0 Å². The fourth-order valence-corrected chi connectivity index (χ4v) is 1.43. The Morgan fingerprint density at radius 3 is 3.00 bits per heavy atom. The minimum atomic E-state index is -0.378. The van der Waals surface area contributed by atoms with Gasteiger partial charge in [-0.05, 0) is 27.6 Å². The molecule has 0 aliphatic carbocycles. The monoisotopic (exact) mass is 264 g/mol. The van der Waals surface area contributed by atoms with Crippen LogP contribution in [0.25, 0.3) is 0 Å². The first-order chi connectivity index (χ1) is 6.09. The lowest BCUT2D eigenvalue weighted by atomic mass is 10.2. The molecule has 0 atom stereocenters. The number of pyridine rings is 1. The smallest absolute Gasteiger partial charge is 0.208 e. The van der Waals surface area contributed by atoms with E-state index in [-0.39, 0.29) is 11.5 Å². The Morgan fingerprint density at radius 1 is 1.69 bits per heavy atom. The molecule has 0 aromatic carbocycles. The summed E-state index contributed by atoms with van der Waals surface area (Å²) in [6.45, 7) is -0.127. The normalized spacial score (nSPS) is 10.0. The number of aromatic nitrogens is 1.